The van der Waals surface area contributed by atoms with E-state index in [4.69, 9.17) is 32.9 Å². The van der Waals surface area contributed by atoms with Crippen LogP contribution in [0.3, 0.4) is 0 Å². The predicted octanol–water partition coefficient (Wildman–Crippen LogP) is 4.23. The smallest absolute Gasteiger partial charge is 0.243 e. The molecule has 0 radical (unpaired) electrons. The Morgan fingerprint density at radius 3 is 2.56 bits per heavy atom. The first-order valence-corrected chi connectivity index (χ1v) is 12.8. The molecule has 1 N–H and O–H groups in total. The lowest BCUT2D eigenvalue weighted by atomic mass is 10.1. The maximum absolute atomic E-state index is 13.0. The Morgan fingerprint density at radius 2 is 1.88 bits per heavy atom. The molecule has 0 bridgehead atoms. The molecule has 2 aromatic carbocycles. The summed E-state index contributed by atoms with van der Waals surface area (Å²) in [6, 6.07) is 10.8. The molecule has 32 heavy (non-hydrogen) atoms. The number of ether oxygens (including phenoxy) is 1. The number of hydrogen-bond acceptors (Lipinski definition) is 5. The molecule has 10 heteroatoms. The van der Waals surface area contributed by atoms with Crippen molar-refractivity contribution in [2.45, 2.75) is 37.9 Å². The number of rotatable bonds is 7. The van der Waals surface area contributed by atoms with Gasteiger partial charge in [-0.1, -0.05) is 29.3 Å². The van der Waals surface area contributed by atoms with Crippen molar-refractivity contribution in [3.05, 3.63) is 57.8 Å². The number of nitrogens with one attached hydrogen (secondary N) is 1. The highest BCUT2D eigenvalue weighted by molar-refractivity contribution is 7.89. The monoisotopic (exact) mass is 496 g/mol. The van der Waals surface area contributed by atoms with E-state index in [1.54, 1.807) is 18.2 Å². The fourth-order valence-electron chi connectivity index (χ4n) is 3.89. The first kappa shape index (κ1) is 23.5. The Morgan fingerprint density at radius 1 is 1.12 bits per heavy atom. The molecule has 1 aliphatic rings. The molecule has 0 unspecified atom stereocenters. The van der Waals surface area contributed by atoms with Crippen LogP contribution < -0.4 is 5.32 Å². The van der Waals surface area contributed by atoms with Crippen molar-refractivity contribution in [3.8, 4) is 0 Å². The molecule has 0 saturated carbocycles. The maximum atomic E-state index is 13.0. The molecule has 0 amide bonds. The number of morpholine rings is 1. The van der Waals surface area contributed by atoms with Crippen molar-refractivity contribution in [2.75, 3.05) is 26.3 Å². The van der Waals surface area contributed by atoms with Gasteiger partial charge in [0.15, 0.2) is 0 Å². The van der Waals surface area contributed by atoms with E-state index in [1.165, 1.54) is 4.31 Å². The first-order valence-electron chi connectivity index (χ1n) is 10.6. The van der Waals surface area contributed by atoms with Gasteiger partial charge in [-0.25, -0.2) is 13.4 Å². The zero-order chi connectivity index (χ0) is 22.9. The van der Waals surface area contributed by atoms with Crippen LogP contribution in [0.2, 0.25) is 10.0 Å². The normalized spacial score (nSPS) is 16.5. The Balaban J connectivity index is 1.57. The van der Waals surface area contributed by atoms with Crippen LogP contribution in [0.4, 0.5) is 0 Å². The second-order valence-corrected chi connectivity index (χ2v) is 10.5. The summed E-state index contributed by atoms with van der Waals surface area (Å²) in [5, 5.41) is 4.52. The summed E-state index contributed by atoms with van der Waals surface area (Å²) in [7, 11) is -3.57. The van der Waals surface area contributed by atoms with E-state index in [1.807, 2.05) is 32.0 Å². The Labute approximate surface area is 198 Å². The molecule has 4 rings (SSSR count). The van der Waals surface area contributed by atoms with E-state index in [-0.39, 0.29) is 10.9 Å². The molecule has 1 atom stereocenters. The summed E-state index contributed by atoms with van der Waals surface area (Å²) in [5.74, 6) is 0.843. The average molecular weight is 497 g/mol. The van der Waals surface area contributed by atoms with E-state index in [2.05, 4.69) is 9.88 Å². The van der Waals surface area contributed by atoms with Gasteiger partial charge in [-0.3, -0.25) is 0 Å². The van der Waals surface area contributed by atoms with Crippen LogP contribution in [0.25, 0.3) is 11.0 Å². The van der Waals surface area contributed by atoms with Crippen molar-refractivity contribution >= 4 is 44.3 Å². The summed E-state index contributed by atoms with van der Waals surface area (Å²) in [4.78, 5) is 5.01. The zero-order valence-corrected chi connectivity index (χ0v) is 20.3. The number of fused-ring (bicyclic) bond motifs is 1. The maximum Gasteiger partial charge on any atom is 0.243 e. The molecule has 3 aromatic rings. The first-order chi connectivity index (χ1) is 15.3. The van der Waals surface area contributed by atoms with Gasteiger partial charge in [0.25, 0.3) is 0 Å². The molecule has 7 nitrogen and oxygen atoms in total. The number of aryl methyl sites for hydroxylation is 1. The minimum atomic E-state index is -3.57. The third-order valence-electron chi connectivity index (χ3n) is 5.73. The van der Waals surface area contributed by atoms with E-state index in [0.717, 1.165) is 23.4 Å². The number of nitrogens with zero attached hydrogens (tertiary/aromatic N) is 3. The van der Waals surface area contributed by atoms with Crippen LogP contribution in [0, 0.1) is 0 Å². The number of benzene rings is 2. The summed E-state index contributed by atoms with van der Waals surface area (Å²) in [6.45, 7) is 6.91. The Hall–Kier alpha value is -1.68. The van der Waals surface area contributed by atoms with E-state index in [0.29, 0.717) is 48.4 Å². The lowest BCUT2D eigenvalue weighted by molar-refractivity contribution is 0.0730. The molecule has 1 saturated heterocycles. The molecule has 172 valence electrons. The van der Waals surface area contributed by atoms with Gasteiger partial charge < -0.3 is 14.6 Å². The highest BCUT2D eigenvalue weighted by Crippen LogP contribution is 2.27. The van der Waals surface area contributed by atoms with Gasteiger partial charge in [-0.2, -0.15) is 4.31 Å². The molecule has 1 aliphatic heterocycles. The summed E-state index contributed by atoms with van der Waals surface area (Å²) in [5.41, 5.74) is 2.60. The summed E-state index contributed by atoms with van der Waals surface area (Å²) in [6.07, 6.45) is 0. The van der Waals surface area contributed by atoms with Gasteiger partial charge >= 0.3 is 0 Å². The number of imidazole rings is 1. The molecule has 0 spiro atoms. The van der Waals surface area contributed by atoms with Crippen LogP contribution in [-0.2, 0) is 27.8 Å². The Bertz CT molecular complexity index is 1220. The van der Waals surface area contributed by atoms with Crippen LogP contribution in [-0.4, -0.2) is 48.6 Å². The largest absolute Gasteiger partial charge is 0.379 e. The van der Waals surface area contributed by atoms with Gasteiger partial charge in [-0.15, -0.1) is 0 Å². The van der Waals surface area contributed by atoms with Crippen molar-refractivity contribution in [1.82, 2.24) is 19.2 Å². The van der Waals surface area contributed by atoms with Crippen molar-refractivity contribution in [3.63, 3.8) is 0 Å². The Kier molecular flexibility index (Phi) is 7.09. The topological polar surface area (TPSA) is 76.5 Å². The second kappa shape index (κ2) is 9.67. The van der Waals surface area contributed by atoms with Gasteiger partial charge in [0.05, 0.1) is 45.7 Å². The number of hydrogen-bond donors (Lipinski definition) is 1. The van der Waals surface area contributed by atoms with Crippen molar-refractivity contribution < 1.29 is 13.2 Å². The second-order valence-electron chi connectivity index (χ2n) is 7.72. The standard InChI is InChI=1S/C22H26Cl2N4O3S/c1-3-28-21-7-5-17(32(29,30)27-8-10-31-11-9-27)13-20(21)26-22(28)14-25-15(2)16-4-6-18(23)19(24)12-16/h4-7,12-13,15,25H,3,8-11,14H2,1-2H3/t15-/m0/s1. The van der Waals surface area contributed by atoms with Crippen LogP contribution in [0.15, 0.2) is 41.3 Å². The van der Waals surface area contributed by atoms with Crippen molar-refractivity contribution in [2.24, 2.45) is 0 Å². The minimum absolute atomic E-state index is 0.0344. The minimum Gasteiger partial charge on any atom is -0.379 e. The van der Waals surface area contributed by atoms with Gasteiger partial charge in [-0.05, 0) is 49.7 Å². The van der Waals surface area contributed by atoms with E-state index < -0.39 is 10.0 Å². The zero-order valence-electron chi connectivity index (χ0n) is 18.0. The van der Waals surface area contributed by atoms with Crippen LogP contribution >= 0.6 is 23.2 Å². The fourth-order valence-corrected chi connectivity index (χ4v) is 5.62. The quantitative estimate of drug-likeness (QED) is 0.529. The number of sulfonamides is 1. The highest BCUT2D eigenvalue weighted by Gasteiger charge is 2.27. The van der Waals surface area contributed by atoms with E-state index >= 15 is 0 Å². The van der Waals surface area contributed by atoms with Gasteiger partial charge in [0.2, 0.25) is 10.0 Å². The molecule has 1 fully saturated rings. The highest BCUT2D eigenvalue weighted by atomic mass is 35.5. The molecule has 0 aliphatic carbocycles. The molecule has 1 aromatic heterocycles. The van der Waals surface area contributed by atoms with Gasteiger partial charge in [0, 0.05) is 25.7 Å². The molecular formula is C22H26Cl2N4O3S. The van der Waals surface area contributed by atoms with Crippen LogP contribution in [0.5, 0.6) is 0 Å². The fraction of sp³-hybridized carbons (Fsp3) is 0.409. The van der Waals surface area contributed by atoms with E-state index in [9.17, 15) is 8.42 Å². The van der Waals surface area contributed by atoms with Crippen molar-refractivity contribution in [1.29, 1.82) is 0 Å². The molecular weight excluding hydrogens is 471 g/mol. The molecule has 2 heterocycles. The number of aromatic nitrogens is 2. The van der Waals surface area contributed by atoms with Crippen LogP contribution in [0.1, 0.15) is 31.3 Å². The SMILES string of the molecule is CCn1c(CN[C@@H](C)c2ccc(Cl)c(Cl)c2)nc2cc(S(=O)(=O)N3CCOCC3)ccc21. The average Bonchev–Trinajstić information content (AvgIpc) is 3.16. The third kappa shape index (κ3) is 4.66. The number of halogens is 2. The lowest BCUT2D eigenvalue weighted by Gasteiger charge is -2.26. The third-order valence-corrected chi connectivity index (χ3v) is 8.37. The predicted molar refractivity (Wildman–Crippen MR) is 127 cm³/mol. The summed E-state index contributed by atoms with van der Waals surface area (Å²) < 4.78 is 34.9. The lowest BCUT2D eigenvalue weighted by Crippen LogP contribution is -2.40. The summed E-state index contributed by atoms with van der Waals surface area (Å²) >= 11 is 12.2. The van der Waals surface area contributed by atoms with Gasteiger partial charge in [0.1, 0.15) is 5.82 Å².